The number of carbonyl (C=O) groups excluding carboxylic acids is 1. The monoisotopic (exact) mass is 395 g/mol. The number of ether oxygens (including phenoxy) is 3. The summed E-state index contributed by atoms with van der Waals surface area (Å²) in [5.41, 5.74) is 1.89. The van der Waals surface area contributed by atoms with Gasteiger partial charge in [0.25, 0.3) is 0 Å². The maximum Gasteiger partial charge on any atom is 0.365 e. The minimum Gasteiger partial charge on any atom is -0.421 e. The number of aryl methyl sites for hydroxylation is 1. The van der Waals surface area contributed by atoms with Crippen molar-refractivity contribution in [1.29, 1.82) is 0 Å². The minimum absolute atomic E-state index is 0.0727. The molecule has 2 saturated carbocycles. The van der Waals surface area contributed by atoms with Gasteiger partial charge in [-0.15, -0.1) is 0 Å². The number of carbonyl (C=O) groups is 1. The van der Waals surface area contributed by atoms with Crippen LogP contribution in [0.3, 0.4) is 0 Å². The van der Waals surface area contributed by atoms with Gasteiger partial charge >= 0.3 is 5.97 Å². The van der Waals surface area contributed by atoms with E-state index in [-0.39, 0.29) is 17.7 Å². The molecule has 7 nitrogen and oxygen atoms in total. The number of rotatable bonds is 5. The van der Waals surface area contributed by atoms with Crippen molar-refractivity contribution in [3.63, 3.8) is 0 Å². The Balaban J connectivity index is 1.29. The highest BCUT2D eigenvalue weighted by molar-refractivity contribution is 6.59. The summed E-state index contributed by atoms with van der Waals surface area (Å²) in [6.45, 7) is 3.54. The highest BCUT2D eigenvalue weighted by atomic mass is 16.7. The Morgan fingerprint density at radius 1 is 1.34 bits per heavy atom. The summed E-state index contributed by atoms with van der Waals surface area (Å²) in [6, 6.07) is 5.46. The molecule has 3 fully saturated rings. The van der Waals surface area contributed by atoms with Crippen LogP contribution in [0.2, 0.25) is 0 Å². The normalized spacial score (nSPS) is 21.1. The van der Waals surface area contributed by atoms with Crippen LogP contribution in [-0.4, -0.2) is 43.9 Å². The summed E-state index contributed by atoms with van der Waals surface area (Å²) in [4.78, 5) is 16.5. The Labute approximate surface area is 170 Å². The molecule has 4 rings (SSSR count). The summed E-state index contributed by atoms with van der Waals surface area (Å²) in [6.07, 6.45) is 5.58. The van der Waals surface area contributed by atoms with Gasteiger partial charge in [0, 0.05) is 16.9 Å². The number of aliphatic imine (C=N–C) groups is 1. The molecule has 7 heteroatoms. The Hall–Kier alpha value is -2.69. The van der Waals surface area contributed by atoms with Gasteiger partial charge in [-0.05, 0) is 56.4 Å². The van der Waals surface area contributed by atoms with Gasteiger partial charge in [-0.2, -0.15) is 5.10 Å². The maximum atomic E-state index is 12.4. The lowest BCUT2D eigenvalue weighted by molar-refractivity contribution is -0.201. The summed E-state index contributed by atoms with van der Waals surface area (Å²) >= 11 is 0. The summed E-state index contributed by atoms with van der Waals surface area (Å²) in [5, 5.41) is 3.49. The summed E-state index contributed by atoms with van der Waals surface area (Å²) in [7, 11) is 0. The molecule has 1 aliphatic heterocycles. The van der Waals surface area contributed by atoms with Crippen LogP contribution in [-0.2, 0) is 14.3 Å². The number of esters is 1. The molecule has 1 aromatic rings. The zero-order chi connectivity index (χ0) is 20.3. The minimum atomic E-state index is -0.668. The largest absolute Gasteiger partial charge is 0.421 e. The first-order valence-electron chi connectivity index (χ1n) is 9.92. The predicted octanol–water partition coefficient (Wildman–Crippen LogP) is 2.20. The van der Waals surface area contributed by atoms with Crippen LogP contribution >= 0.6 is 0 Å². The van der Waals surface area contributed by atoms with Crippen molar-refractivity contribution >= 4 is 17.9 Å². The van der Waals surface area contributed by atoms with E-state index in [1.165, 1.54) is 19.1 Å². The lowest BCUT2D eigenvalue weighted by atomic mass is 10.1. The molecule has 29 heavy (non-hydrogen) atoms. The highest BCUT2D eigenvalue weighted by Gasteiger charge is 2.46. The molecule has 0 radical (unpaired) electrons. The Morgan fingerprint density at radius 3 is 2.72 bits per heavy atom. The van der Waals surface area contributed by atoms with Gasteiger partial charge < -0.3 is 20.1 Å². The van der Waals surface area contributed by atoms with Gasteiger partial charge in [-0.3, -0.25) is 4.99 Å². The molecular formula is C22H25N3O4. The van der Waals surface area contributed by atoms with E-state index >= 15 is 0 Å². The van der Waals surface area contributed by atoms with Gasteiger partial charge in [0.15, 0.2) is 12.0 Å². The zero-order valence-corrected chi connectivity index (χ0v) is 16.5. The van der Waals surface area contributed by atoms with Gasteiger partial charge in [0.2, 0.25) is 0 Å². The SMILES string of the molecule is Cc1cc(C#CC2CC2)ccc1OC(=O)/C(C=NCC1OCC2(CC2)CO1)=N/N. The summed E-state index contributed by atoms with van der Waals surface area (Å²) < 4.78 is 16.7. The molecule has 0 aromatic heterocycles. The predicted molar refractivity (Wildman–Crippen MR) is 109 cm³/mol. The first kappa shape index (κ1) is 19.6. The standard InChI is InChI=1S/C22H25N3O4/c1-15-10-17(5-4-16-2-3-16)6-7-19(15)29-21(26)18(25-23)11-24-12-20-27-13-22(8-9-22)14-28-20/h6-7,10-11,16,20H,2-3,8-9,12-14,23H2,1H3/b24-11?,25-18+. The van der Waals surface area contributed by atoms with Crippen molar-refractivity contribution in [3.05, 3.63) is 29.3 Å². The van der Waals surface area contributed by atoms with E-state index in [1.807, 2.05) is 19.1 Å². The lowest BCUT2D eigenvalue weighted by Crippen LogP contribution is -2.35. The van der Waals surface area contributed by atoms with Crippen molar-refractivity contribution < 1.29 is 19.0 Å². The summed E-state index contributed by atoms with van der Waals surface area (Å²) in [5.74, 6) is 12.0. The third-order valence-electron chi connectivity index (χ3n) is 5.30. The van der Waals surface area contributed by atoms with Crippen LogP contribution in [0.25, 0.3) is 0 Å². The number of hydrogen-bond acceptors (Lipinski definition) is 7. The van der Waals surface area contributed by atoms with Crippen molar-refractivity contribution in [2.24, 2.45) is 27.3 Å². The van der Waals surface area contributed by atoms with E-state index in [0.29, 0.717) is 24.9 Å². The van der Waals surface area contributed by atoms with Gasteiger partial charge in [-0.25, -0.2) is 4.79 Å². The third kappa shape index (κ3) is 5.22. The second-order valence-electron chi connectivity index (χ2n) is 7.97. The van der Waals surface area contributed by atoms with Crippen LogP contribution < -0.4 is 10.6 Å². The molecule has 1 saturated heterocycles. The van der Waals surface area contributed by atoms with Crippen molar-refractivity contribution in [1.82, 2.24) is 0 Å². The van der Waals surface area contributed by atoms with Crippen LogP contribution in [0.1, 0.15) is 36.8 Å². The molecular weight excluding hydrogens is 370 g/mol. The second-order valence-corrected chi connectivity index (χ2v) is 7.97. The number of nitrogens with zero attached hydrogens (tertiary/aromatic N) is 2. The first-order chi connectivity index (χ1) is 14.1. The quantitative estimate of drug-likeness (QED) is 0.206. The fourth-order valence-electron chi connectivity index (χ4n) is 2.97. The van der Waals surface area contributed by atoms with E-state index in [4.69, 9.17) is 20.1 Å². The first-order valence-corrected chi connectivity index (χ1v) is 9.92. The van der Waals surface area contributed by atoms with E-state index in [0.717, 1.165) is 24.0 Å². The molecule has 0 atom stereocenters. The maximum absolute atomic E-state index is 12.4. The van der Waals surface area contributed by atoms with E-state index < -0.39 is 12.3 Å². The molecule has 0 unspecified atom stereocenters. The fraction of sp³-hybridized carbons (Fsp3) is 0.500. The number of hydrazone groups is 1. The second kappa shape index (κ2) is 8.36. The van der Waals surface area contributed by atoms with Crippen LogP contribution in [0, 0.1) is 30.1 Å². The molecule has 1 heterocycles. The zero-order valence-electron chi connectivity index (χ0n) is 16.5. The smallest absolute Gasteiger partial charge is 0.365 e. The van der Waals surface area contributed by atoms with E-state index in [9.17, 15) is 4.79 Å². The highest BCUT2D eigenvalue weighted by Crippen LogP contribution is 2.48. The molecule has 1 spiro atoms. The van der Waals surface area contributed by atoms with Crippen molar-refractivity contribution in [2.45, 2.75) is 38.9 Å². The Morgan fingerprint density at radius 2 is 2.10 bits per heavy atom. The fourth-order valence-corrected chi connectivity index (χ4v) is 2.97. The van der Waals surface area contributed by atoms with Crippen molar-refractivity contribution in [2.75, 3.05) is 19.8 Å². The van der Waals surface area contributed by atoms with Gasteiger partial charge in [0.1, 0.15) is 5.75 Å². The van der Waals surface area contributed by atoms with Crippen LogP contribution in [0.4, 0.5) is 0 Å². The Bertz CT molecular complexity index is 894. The molecule has 0 amide bonds. The van der Waals surface area contributed by atoms with Gasteiger partial charge in [0.05, 0.1) is 26.0 Å². The number of nitrogens with two attached hydrogens (primary N) is 1. The van der Waals surface area contributed by atoms with Gasteiger partial charge in [-0.1, -0.05) is 11.8 Å². The molecule has 152 valence electrons. The number of hydrogen-bond donors (Lipinski definition) is 1. The average molecular weight is 395 g/mol. The lowest BCUT2D eigenvalue weighted by Gasteiger charge is -2.28. The Kier molecular flexibility index (Phi) is 5.65. The molecule has 2 aliphatic carbocycles. The molecule has 3 aliphatic rings. The van der Waals surface area contributed by atoms with Crippen molar-refractivity contribution in [3.8, 4) is 17.6 Å². The average Bonchev–Trinajstić information content (AvgIpc) is 3.64. The topological polar surface area (TPSA) is 95.5 Å². The molecule has 2 N–H and O–H groups in total. The van der Waals surface area contributed by atoms with Crippen LogP contribution in [0.15, 0.2) is 28.3 Å². The molecule has 0 bridgehead atoms. The molecule has 1 aromatic carbocycles. The van der Waals surface area contributed by atoms with Crippen LogP contribution in [0.5, 0.6) is 5.75 Å². The van der Waals surface area contributed by atoms with E-state index in [1.54, 1.807) is 6.07 Å². The third-order valence-corrected chi connectivity index (χ3v) is 5.30. The number of benzene rings is 1. The van der Waals surface area contributed by atoms with E-state index in [2.05, 4.69) is 21.9 Å².